The van der Waals surface area contributed by atoms with Gasteiger partial charge in [0.1, 0.15) is 5.15 Å². The van der Waals surface area contributed by atoms with Crippen LogP contribution in [0.15, 0.2) is 6.20 Å². The summed E-state index contributed by atoms with van der Waals surface area (Å²) in [6.45, 7) is 0. The summed E-state index contributed by atoms with van der Waals surface area (Å²) in [6.07, 6.45) is 4.28. The Hall–Kier alpha value is -0.470. The molecule has 0 bridgehead atoms. The highest BCUT2D eigenvalue weighted by atomic mass is 35.5. The van der Waals surface area contributed by atoms with Crippen molar-refractivity contribution in [1.82, 2.24) is 10.3 Å². The fourth-order valence-electron chi connectivity index (χ4n) is 1.75. The Kier molecular flexibility index (Phi) is 1.66. The molecule has 0 saturated carbocycles. The molecular formula is C8H11ClN2. The van der Waals surface area contributed by atoms with Crippen LogP contribution < -0.4 is 5.32 Å². The van der Waals surface area contributed by atoms with Crippen LogP contribution in [0.2, 0.25) is 5.15 Å². The van der Waals surface area contributed by atoms with E-state index in [1.807, 2.05) is 13.2 Å². The molecule has 0 saturated heterocycles. The molecule has 1 atom stereocenters. The van der Waals surface area contributed by atoms with Gasteiger partial charge in [-0.25, -0.2) is 0 Å². The van der Waals surface area contributed by atoms with Crippen molar-refractivity contribution in [2.45, 2.75) is 18.9 Å². The maximum absolute atomic E-state index is 5.92. The van der Waals surface area contributed by atoms with E-state index >= 15 is 0 Å². The third-order valence-electron chi connectivity index (χ3n) is 2.37. The van der Waals surface area contributed by atoms with Crippen LogP contribution in [0.1, 0.15) is 23.6 Å². The standard InChI is InChI=1S/C8H11ClN2/c1-10-7-3-2-5-6(7)4-11-8(5)9/h4,7,10-11H,2-3H2,1H3. The molecule has 0 spiro atoms. The highest BCUT2D eigenvalue weighted by Gasteiger charge is 2.23. The number of hydrogen-bond donors (Lipinski definition) is 2. The highest BCUT2D eigenvalue weighted by molar-refractivity contribution is 6.30. The number of nitrogens with one attached hydrogen (secondary N) is 2. The van der Waals surface area contributed by atoms with Gasteiger partial charge in [-0.05, 0) is 31.0 Å². The van der Waals surface area contributed by atoms with Gasteiger partial charge >= 0.3 is 0 Å². The number of rotatable bonds is 1. The summed E-state index contributed by atoms with van der Waals surface area (Å²) in [5.41, 5.74) is 2.64. The van der Waals surface area contributed by atoms with E-state index in [2.05, 4.69) is 10.3 Å². The van der Waals surface area contributed by atoms with Gasteiger partial charge < -0.3 is 10.3 Å². The lowest BCUT2D eigenvalue weighted by atomic mass is 10.2. The van der Waals surface area contributed by atoms with Crippen LogP contribution in [0.25, 0.3) is 0 Å². The monoisotopic (exact) mass is 170 g/mol. The molecule has 1 unspecified atom stereocenters. The summed E-state index contributed by atoms with van der Waals surface area (Å²) >= 11 is 5.92. The molecule has 0 aliphatic heterocycles. The van der Waals surface area contributed by atoms with Gasteiger partial charge in [0.2, 0.25) is 0 Å². The van der Waals surface area contributed by atoms with Gasteiger partial charge in [-0.1, -0.05) is 11.6 Å². The molecule has 2 rings (SSSR count). The van der Waals surface area contributed by atoms with E-state index in [0.29, 0.717) is 6.04 Å². The van der Waals surface area contributed by atoms with Gasteiger partial charge in [-0.2, -0.15) is 0 Å². The molecule has 1 aromatic rings. The largest absolute Gasteiger partial charge is 0.352 e. The van der Waals surface area contributed by atoms with E-state index in [-0.39, 0.29) is 0 Å². The van der Waals surface area contributed by atoms with Crippen LogP contribution in [0.3, 0.4) is 0 Å². The Balaban J connectivity index is 2.40. The van der Waals surface area contributed by atoms with Crippen molar-refractivity contribution in [3.63, 3.8) is 0 Å². The summed E-state index contributed by atoms with van der Waals surface area (Å²) in [5, 5.41) is 4.07. The molecule has 2 N–H and O–H groups in total. The first-order valence-corrected chi connectivity index (χ1v) is 4.23. The Morgan fingerprint density at radius 1 is 1.73 bits per heavy atom. The van der Waals surface area contributed by atoms with Crippen LogP contribution in [0, 0.1) is 0 Å². The Morgan fingerprint density at radius 2 is 2.55 bits per heavy atom. The van der Waals surface area contributed by atoms with Crippen LogP contribution in [-0.2, 0) is 6.42 Å². The van der Waals surface area contributed by atoms with E-state index in [4.69, 9.17) is 11.6 Å². The molecular weight excluding hydrogens is 160 g/mol. The first-order valence-electron chi connectivity index (χ1n) is 3.86. The summed E-state index contributed by atoms with van der Waals surface area (Å²) in [4.78, 5) is 3.03. The maximum atomic E-state index is 5.92. The molecule has 0 fully saturated rings. The zero-order chi connectivity index (χ0) is 7.84. The van der Waals surface area contributed by atoms with E-state index in [1.54, 1.807) is 0 Å². The Labute approximate surface area is 70.9 Å². The SMILES string of the molecule is CNC1CCc2c1c[nH]c2Cl. The van der Waals surface area contributed by atoms with Crippen LogP contribution >= 0.6 is 11.6 Å². The number of aromatic amines is 1. The lowest BCUT2D eigenvalue weighted by molar-refractivity contribution is 0.588. The van der Waals surface area contributed by atoms with E-state index in [1.165, 1.54) is 17.5 Å². The second kappa shape index (κ2) is 2.54. The maximum Gasteiger partial charge on any atom is 0.109 e. The van der Waals surface area contributed by atoms with Gasteiger partial charge in [0.25, 0.3) is 0 Å². The van der Waals surface area contributed by atoms with Crippen molar-refractivity contribution in [2.75, 3.05) is 7.05 Å². The van der Waals surface area contributed by atoms with Crippen molar-refractivity contribution in [2.24, 2.45) is 0 Å². The molecule has 1 heterocycles. The third kappa shape index (κ3) is 0.976. The summed E-state index contributed by atoms with van der Waals surface area (Å²) in [6, 6.07) is 0.508. The highest BCUT2D eigenvalue weighted by Crippen LogP contribution is 2.34. The average molecular weight is 171 g/mol. The lowest BCUT2D eigenvalue weighted by Crippen LogP contribution is -2.12. The summed E-state index contributed by atoms with van der Waals surface area (Å²) < 4.78 is 0. The minimum Gasteiger partial charge on any atom is -0.352 e. The number of aromatic nitrogens is 1. The predicted octanol–water partition coefficient (Wildman–Crippen LogP) is 1.87. The first-order chi connectivity index (χ1) is 5.33. The lowest BCUT2D eigenvalue weighted by Gasteiger charge is -2.05. The van der Waals surface area contributed by atoms with Crippen molar-refractivity contribution < 1.29 is 0 Å². The fourth-order valence-corrected chi connectivity index (χ4v) is 2.01. The van der Waals surface area contributed by atoms with E-state index in [0.717, 1.165) is 11.6 Å². The molecule has 1 aliphatic rings. The van der Waals surface area contributed by atoms with Crippen LogP contribution in [-0.4, -0.2) is 12.0 Å². The second-order valence-corrected chi connectivity index (χ2v) is 3.29. The average Bonchev–Trinajstić information content (AvgIpc) is 2.53. The quantitative estimate of drug-likeness (QED) is 0.662. The van der Waals surface area contributed by atoms with Gasteiger partial charge in [0.15, 0.2) is 0 Å². The van der Waals surface area contributed by atoms with Crippen molar-refractivity contribution in [1.29, 1.82) is 0 Å². The van der Waals surface area contributed by atoms with Crippen molar-refractivity contribution in [3.8, 4) is 0 Å². The third-order valence-corrected chi connectivity index (χ3v) is 2.71. The molecule has 2 nitrogen and oxygen atoms in total. The van der Waals surface area contributed by atoms with Gasteiger partial charge in [-0.3, -0.25) is 0 Å². The predicted molar refractivity (Wildman–Crippen MR) is 45.9 cm³/mol. The van der Waals surface area contributed by atoms with E-state index in [9.17, 15) is 0 Å². The minimum absolute atomic E-state index is 0.508. The summed E-state index contributed by atoms with van der Waals surface area (Å²) in [7, 11) is 1.99. The molecule has 0 amide bonds. The van der Waals surface area contributed by atoms with Crippen LogP contribution in [0.5, 0.6) is 0 Å². The molecule has 60 valence electrons. The minimum atomic E-state index is 0.508. The molecule has 0 aromatic carbocycles. The van der Waals surface area contributed by atoms with E-state index < -0.39 is 0 Å². The topological polar surface area (TPSA) is 27.8 Å². The molecule has 3 heteroatoms. The number of hydrogen-bond acceptors (Lipinski definition) is 1. The molecule has 1 aliphatic carbocycles. The number of halogens is 1. The Morgan fingerprint density at radius 3 is 3.27 bits per heavy atom. The smallest absolute Gasteiger partial charge is 0.109 e. The molecule has 1 aromatic heterocycles. The molecule has 0 radical (unpaired) electrons. The first kappa shape index (κ1) is 7.19. The summed E-state index contributed by atoms with van der Waals surface area (Å²) in [5.74, 6) is 0. The van der Waals surface area contributed by atoms with Gasteiger partial charge in [0, 0.05) is 12.2 Å². The van der Waals surface area contributed by atoms with Crippen LogP contribution in [0.4, 0.5) is 0 Å². The van der Waals surface area contributed by atoms with Crippen molar-refractivity contribution >= 4 is 11.6 Å². The normalized spacial score (nSPS) is 22.2. The second-order valence-electron chi connectivity index (χ2n) is 2.92. The Bertz CT molecular complexity index is 267. The zero-order valence-corrected chi connectivity index (χ0v) is 7.20. The zero-order valence-electron chi connectivity index (χ0n) is 6.45. The van der Waals surface area contributed by atoms with Gasteiger partial charge in [0.05, 0.1) is 0 Å². The van der Waals surface area contributed by atoms with Gasteiger partial charge in [-0.15, -0.1) is 0 Å². The van der Waals surface area contributed by atoms with Crippen molar-refractivity contribution in [3.05, 3.63) is 22.5 Å². The number of fused-ring (bicyclic) bond motifs is 1. The molecule has 11 heavy (non-hydrogen) atoms. The number of H-pyrrole nitrogens is 1. The fraction of sp³-hybridized carbons (Fsp3) is 0.500.